The molecule has 0 heterocycles. The average Bonchev–Trinajstić information content (AvgIpc) is 2.40. The molecule has 0 bridgehead atoms. The van der Waals surface area contributed by atoms with Gasteiger partial charge in [0.15, 0.2) is 0 Å². The second-order valence-corrected chi connectivity index (χ2v) is 395. The molecule has 0 nitrogen and oxygen atoms in total. The summed E-state index contributed by atoms with van der Waals surface area (Å²) in [5, 5.41) is 0. The Morgan fingerprint density at radius 1 is 0.526 bits per heavy atom. The maximum absolute atomic E-state index is 6.11. The van der Waals surface area contributed by atoms with E-state index in [1.165, 1.54) is 0 Å². The molecule has 130 valence electrons. The molecule has 0 saturated heterocycles. The van der Waals surface area contributed by atoms with Crippen LogP contribution in [0.2, 0.25) is 0 Å². The van der Waals surface area contributed by atoms with E-state index in [0.717, 1.165) is 0 Å². The standard InChI is InChI=1S/BI18/c1-11-13(4)15(6)17(8)19(10)18(9)16(7)14(5)12(2)3/q-1. The summed E-state index contributed by atoms with van der Waals surface area (Å²) in [6.07, 6.45) is 0. The van der Waals surface area contributed by atoms with Gasteiger partial charge in [0.2, 0.25) is 0 Å². The number of hydrogen-bond acceptors (Lipinski definition) is 0. The summed E-state index contributed by atoms with van der Waals surface area (Å²) in [7, 11) is -3.55. The fraction of sp³-hybridized carbons (Fsp3) is 0. The SMILES string of the molecule is [B][I-]I(I)I(I)I(I)I(I)I(I)I(I)I(I)I(I)I. The van der Waals surface area contributed by atoms with Gasteiger partial charge < -0.3 is 0 Å². The van der Waals surface area contributed by atoms with E-state index in [1.807, 2.05) is 0 Å². The Labute approximate surface area is 240 Å². The number of hydrogen-bond donors (Lipinski definition) is 0. The van der Waals surface area contributed by atoms with Crippen molar-refractivity contribution in [3.8, 4) is 0 Å². The molecule has 2 radical (unpaired) electrons. The van der Waals surface area contributed by atoms with Crippen molar-refractivity contribution in [2.24, 2.45) is 0 Å². The predicted octanol–water partition coefficient (Wildman–Crippen LogP) is 11.7. The maximum atomic E-state index is 6.11. The van der Waals surface area contributed by atoms with Crippen LogP contribution in [-0.2, 0) is 0 Å². The molecule has 0 rings (SSSR count). The molecular formula is BI18-. The summed E-state index contributed by atoms with van der Waals surface area (Å²) in [4.78, 5) is 0. The van der Waals surface area contributed by atoms with Crippen molar-refractivity contribution >= 4 is 236 Å². The first kappa shape index (κ1) is 32.2. The molecular weight excluding hydrogens is 2300 g/mol. The monoisotopic (exact) mass is 2300 g/mol. The Kier molecular flexibility index (Phi) is 33.1. The molecule has 0 aliphatic heterocycles. The molecule has 0 aromatic heterocycles. The molecule has 0 unspecified atom stereocenters. The van der Waals surface area contributed by atoms with Crippen LogP contribution in [0.1, 0.15) is 0 Å². The third-order valence-electron chi connectivity index (χ3n) is 0.634. The molecule has 0 aromatic rings. The van der Waals surface area contributed by atoms with E-state index in [9.17, 15) is 0 Å². The minimum atomic E-state index is -0.528. The zero-order valence-electron chi connectivity index (χ0n) is 7.38. The third kappa shape index (κ3) is 14.3. The zero-order chi connectivity index (χ0) is 15.3. The van der Waals surface area contributed by atoms with Crippen molar-refractivity contribution in [1.29, 1.82) is 0 Å². The molecule has 19 heteroatoms. The molecule has 0 spiro atoms. The van der Waals surface area contributed by atoms with E-state index in [-0.39, 0.29) is 17.0 Å². The first-order chi connectivity index (χ1) is 8.64. The Hall–Kier alpha value is 13.2. The van der Waals surface area contributed by atoms with Crippen LogP contribution in [-0.4, -0.2) is 5.70 Å². The third-order valence-corrected chi connectivity index (χ3v) is 1180. The second-order valence-electron chi connectivity index (χ2n) is 1.38. The Bertz CT molecular complexity index is 236. The summed E-state index contributed by atoms with van der Waals surface area (Å²) in [5.74, 6) is 0. The summed E-state index contributed by atoms with van der Waals surface area (Å²) in [6, 6.07) is 0. The fourth-order valence-electron chi connectivity index (χ4n) is 0.209. The second kappa shape index (κ2) is 19.5. The molecule has 0 aromatic carbocycles. The van der Waals surface area contributed by atoms with Gasteiger partial charge in [0.1, 0.15) is 0 Å². The molecule has 0 saturated carbocycles. The molecule has 0 aliphatic rings. The van der Waals surface area contributed by atoms with Crippen LogP contribution in [0, 0.1) is 0 Å². The van der Waals surface area contributed by atoms with Crippen LogP contribution in [0.5, 0.6) is 0 Å². The number of halogens is 18. The van der Waals surface area contributed by atoms with Crippen molar-refractivity contribution < 1.29 is 17.0 Å². The Morgan fingerprint density at radius 3 is 1.16 bits per heavy atom. The van der Waals surface area contributed by atoms with Gasteiger partial charge >= 0.3 is 253 Å². The topological polar surface area (TPSA) is 0 Å². The van der Waals surface area contributed by atoms with Gasteiger partial charge in [-0.1, -0.05) is 0 Å². The van der Waals surface area contributed by atoms with E-state index in [1.54, 1.807) is 0 Å². The summed E-state index contributed by atoms with van der Waals surface area (Å²) in [5.41, 5.74) is 6.11. The van der Waals surface area contributed by atoms with Crippen molar-refractivity contribution in [2.45, 2.75) is 0 Å². The predicted molar refractivity (Wildman–Crippen MR) is 244 cm³/mol. The minimum absolute atomic E-state index is 0.187. The van der Waals surface area contributed by atoms with Crippen molar-refractivity contribution in [1.82, 2.24) is 0 Å². The van der Waals surface area contributed by atoms with Crippen molar-refractivity contribution in [3.63, 3.8) is 0 Å². The molecule has 0 atom stereocenters. The zero-order valence-corrected chi connectivity index (χ0v) is 46.2. The van der Waals surface area contributed by atoms with Gasteiger partial charge in [-0.2, -0.15) is 0 Å². The average molecular weight is 2300 g/mol. The first-order valence-corrected chi connectivity index (χ1v) is 111. The fourth-order valence-corrected chi connectivity index (χ4v) is 2560. The normalized spacial score (nSPS) is 17.5. The summed E-state index contributed by atoms with van der Waals surface area (Å²) in [6.45, 7) is 0. The van der Waals surface area contributed by atoms with Crippen molar-refractivity contribution in [3.05, 3.63) is 0 Å². The van der Waals surface area contributed by atoms with Crippen LogP contribution in [0.25, 0.3) is 0 Å². The van der Waals surface area contributed by atoms with Crippen LogP contribution in [0.3, 0.4) is 0 Å². The van der Waals surface area contributed by atoms with Gasteiger partial charge in [0.25, 0.3) is 0 Å². The van der Waals surface area contributed by atoms with Gasteiger partial charge in [-0.15, -0.1) is 0 Å². The van der Waals surface area contributed by atoms with E-state index < -0.39 is 63.2 Å². The van der Waals surface area contributed by atoms with E-state index in [4.69, 9.17) is 5.70 Å². The summed E-state index contributed by atoms with van der Waals surface area (Å²) >= 11 is 27.2. The summed E-state index contributed by atoms with van der Waals surface area (Å²) < 4.78 is 0. The van der Waals surface area contributed by atoms with Crippen molar-refractivity contribution in [2.75, 3.05) is 0 Å². The Morgan fingerprint density at radius 2 is 0.842 bits per heavy atom. The molecule has 0 aliphatic carbocycles. The first-order valence-electron chi connectivity index (χ1n) is 2.65. The van der Waals surface area contributed by atoms with Gasteiger partial charge in [-0.3, -0.25) is 0 Å². The van der Waals surface area contributed by atoms with E-state index in [0.29, 0.717) is 0 Å². The van der Waals surface area contributed by atoms with Gasteiger partial charge in [-0.25, -0.2) is 0 Å². The van der Waals surface area contributed by atoms with Gasteiger partial charge in [0.05, 0.1) is 0 Å². The quantitative estimate of drug-likeness (QED) is 0.168. The molecule has 19 heavy (non-hydrogen) atoms. The van der Waals surface area contributed by atoms with Crippen LogP contribution in [0.15, 0.2) is 0 Å². The van der Waals surface area contributed by atoms with Gasteiger partial charge in [0, 0.05) is 0 Å². The molecule has 0 fully saturated rings. The van der Waals surface area contributed by atoms with E-state index >= 15 is 0 Å². The molecule has 0 N–H and O–H groups in total. The Balaban J connectivity index is 4.67. The van der Waals surface area contributed by atoms with E-state index in [2.05, 4.69) is 168 Å². The van der Waals surface area contributed by atoms with Gasteiger partial charge in [-0.05, 0) is 0 Å². The van der Waals surface area contributed by atoms with Crippen LogP contribution >= 0.6 is 231 Å². The molecule has 0 amide bonds. The number of rotatable bonds is 8. The van der Waals surface area contributed by atoms with Crippen LogP contribution < -0.4 is 17.0 Å². The van der Waals surface area contributed by atoms with Crippen LogP contribution in [0.4, 0.5) is 0 Å².